The molecule has 3 rings (SSSR count). The number of ether oxygens (including phenoxy) is 1. The number of likely N-dealkylation sites (tertiary alicyclic amines) is 1. The molecule has 0 spiro atoms. The normalized spacial score (nSPS) is 18.6. The van der Waals surface area contributed by atoms with Crippen LogP contribution in [0.4, 0.5) is 10.5 Å². The maximum atomic E-state index is 13.0. The molecule has 30 heavy (non-hydrogen) atoms. The lowest BCUT2D eigenvalue weighted by molar-refractivity contribution is -0.132. The lowest BCUT2D eigenvalue weighted by Crippen LogP contribution is -2.52. The van der Waals surface area contributed by atoms with E-state index in [9.17, 15) is 9.59 Å². The second-order valence-electron chi connectivity index (χ2n) is 8.37. The minimum Gasteiger partial charge on any atom is -0.497 e. The predicted molar refractivity (Wildman–Crippen MR) is 119 cm³/mol. The molecular weight excluding hydrogens is 378 g/mol. The summed E-state index contributed by atoms with van der Waals surface area (Å²) in [6, 6.07) is 13.5. The number of rotatable bonds is 5. The Bertz CT molecular complexity index is 928. The Morgan fingerprint density at radius 1 is 1.17 bits per heavy atom. The molecule has 0 unspecified atom stereocenters. The Morgan fingerprint density at radius 2 is 1.97 bits per heavy atom. The molecule has 0 saturated carbocycles. The third kappa shape index (κ3) is 5.12. The van der Waals surface area contributed by atoms with E-state index in [1.807, 2.05) is 63.2 Å². The van der Waals surface area contributed by atoms with Crippen LogP contribution in [0.1, 0.15) is 36.5 Å². The van der Waals surface area contributed by atoms with Gasteiger partial charge in [0.15, 0.2) is 0 Å². The summed E-state index contributed by atoms with van der Waals surface area (Å²) in [6.45, 7) is 7.38. The highest BCUT2D eigenvalue weighted by Crippen LogP contribution is 2.30. The summed E-state index contributed by atoms with van der Waals surface area (Å²) in [7, 11) is 1.62. The molecule has 6 heteroatoms. The zero-order valence-electron chi connectivity index (χ0n) is 18.2. The molecule has 3 amide bonds. The molecule has 1 aliphatic rings. The Labute approximate surface area is 178 Å². The molecular formula is C24H31N3O3. The number of nitrogens with one attached hydrogen (secondary N) is 2. The molecule has 6 nitrogen and oxygen atoms in total. The van der Waals surface area contributed by atoms with E-state index < -0.39 is 5.41 Å². The van der Waals surface area contributed by atoms with Crippen molar-refractivity contribution in [2.75, 3.05) is 25.5 Å². The number of anilines is 1. The van der Waals surface area contributed by atoms with Gasteiger partial charge in [-0.3, -0.25) is 4.79 Å². The zero-order chi connectivity index (χ0) is 21.7. The Morgan fingerprint density at radius 3 is 2.73 bits per heavy atom. The molecule has 0 aromatic heterocycles. The first kappa shape index (κ1) is 21.7. The molecule has 2 N–H and O–H groups in total. The van der Waals surface area contributed by atoms with Crippen molar-refractivity contribution < 1.29 is 14.3 Å². The monoisotopic (exact) mass is 409 g/mol. The van der Waals surface area contributed by atoms with Crippen LogP contribution in [0.2, 0.25) is 0 Å². The van der Waals surface area contributed by atoms with Gasteiger partial charge in [-0.15, -0.1) is 0 Å². The van der Waals surface area contributed by atoms with Crippen LogP contribution in [0, 0.1) is 19.3 Å². The second-order valence-corrected chi connectivity index (χ2v) is 8.37. The SMILES string of the molecule is COc1cccc(CNC(=O)[C@@]2(C)CCCN(C(=O)Nc3cc(C)ccc3C)C2)c1. The number of methoxy groups -OCH3 is 1. The van der Waals surface area contributed by atoms with Crippen molar-refractivity contribution in [3.63, 3.8) is 0 Å². The lowest BCUT2D eigenvalue weighted by Gasteiger charge is -2.39. The van der Waals surface area contributed by atoms with Crippen LogP contribution in [-0.4, -0.2) is 37.0 Å². The standard InChI is InChI=1S/C24H31N3O3/c1-17-9-10-18(2)21(13-17)26-23(29)27-12-6-11-24(3,16-27)22(28)25-15-19-7-5-8-20(14-19)30-4/h5,7-10,13-14H,6,11-12,15-16H2,1-4H3,(H,25,28)(H,26,29)/t24-/m0/s1. The van der Waals surface area contributed by atoms with E-state index >= 15 is 0 Å². The smallest absolute Gasteiger partial charge is 0.321 e. The van der Waals surface area contributed by atoms with Crippen molar-refractivity contribution >= 4 is 17.6 Å². The molecule has 0 aliphatic carbocycles. The minimum atomic E-state index is -0.615. The summed E-state index contributed by atoms with van der Waals surface area (Å²) in [5.41, 5.74) is 3.29. The van der Waals surface area contributed by atoms with Crippen LogP contribution in [0.3, 0.4) is 0 Å². The average molecular weight is 410 g/mol. The maximum Gasteiger partial charge on any atom is 0.321 e. The highest BCUT2D eigenvalue weighted by atomic mass is 16.5. The van der Waals surface area contributed by atoms with Gasteiger partial charge in [-0.1, -0.05) is 24.3 Å². The Balaban J connectivity index is 1.62. The average Bonchev–Trinajstić information content (AvgIpc) is 2.74. The van der Waals surface area contributed by atoms with Crippen molar-refractivity contribution in [1.82, 2.24) is 10.2 Å². The maximum absolute atomic E-state index is 13.0. The third-order valence-corrected chi connectivity index (χ3v) is 5.75. The van der Waals surface area contributed by atoms with E-state index in [1.54, 1.807) is 12.0 Å². The van der Waals surface area contributed by atoms with Crippen molar-refractivity contribution in [3.8, 4) is 5.75 Å². The topological polar surface area (TPSA) is 70.7 Å². The Kier molecular flexibility index (Phi) is 6.65. The lowest BCUT2D eigenvalue weighted by atomic mass is 9.81. The van der Waals surface area contributed by atoms with Gasteiger partial charge in [0.25, 0.3) is 0 Å². The number of carbonyl (C=O) groups is 2. The third-order valence-electron chi connectivity index (χ3n) is 5.75. The molecule has 2 aromatic rings. The van der Waals surface area contributed by atoms with Gasteiger partial charge in [-0.05, 0) is 68.5 Å². The van der Waals surface area contributed by atoms with E-state index in [0.29, 0.717) is 19.6 Å². The van der Waals surface area contributed by atoms with E-state index in [0.717, 1.165) is 41.0 Å². The quantitative estimate of drug-likeness (QED) is 0.775. The summed E-state index contributed by atoms with van der Waals surface area (Å²) in [5.74, 6) is 0.731. The van der Waals surface area contributed by atoms with Crippen molar-refractivity contribution in [3.05, 3.63) is 59.2 Å². The number of amides is 3. The van der Waals surface area contributed by atoms with Crippen molar-refractivity contribution in [1.29, 1.82) is 0 Å². The predicted octanol–water partition coefficient (Wildman–Crippen LogP) is 4.26. The number of hydrogen-bond donors (Lipinski definition) is 2. The van der Waals surface area contributed by atoms with Crippen LogP contribution in [0.25, 0.3) is 0 Å². The van der Waals surface area contributed by atoms with Crippen LogP contribution in [-0.2, 0) is 11.3 Å². The van der Waals surface area contributed by atoms with Gasteiger partial charge < -0.3 is 20.3 Å². The van der Waals surface area contributed by atoms with Gasteiger partial charge in [0.1, 0.15) is 5.75 Å². The number of carbonyl (C=O) groups excluding carboxylic acids is 2. The van der Waals surface area contributed by atoms with Gasteiger partial charge in [0, 0.05) is 25.3 Å². The molecule has 1 saturated heterocycles. The van der Waals surface area contributed by atoms with Crippen molar-refractivity contribution in [2.45, 2.75) is 40.2 Å². The fraction of sp³-hybridized carbons (Fsp3) is 0.417. The fourth-order valence-corrected chi connectivity index (χ4v) is 3.84. The van der Waals surface area contributed by atoms with Crippen LogP contribution >= 0.6 is 0 Å². The summed E-state index contributed by atoms with van der Waals surface area (Å²) >= 11 is 0. The first-order chi connectivity index (χ1) is 14.3. The highest BCUT2D eigenvalue weighted by molar-refractivity contribution is 5.91. The van der Waals surface area contributed by atoms with E-state index in [1.165, 1.54) is 0 Å². The summed E-state index contributed by atoms with van der Waals surface area (Å²) in [6.07, 6.45) is 1.55. The second kappa shape index (κ2) is 9.20. The van der Waals surface area contributed by atoms with Gasteiger partial charge in [0.05, 0.1) is 12.5 Å². The molecule has 2 aromatic carbocycles. The summed E-state index contributed by atoms with van der Waals surface area (Å²) in [5, 5.41) is 6.04. The fourth-order valence-electron chi connectivity index (χ4n) is 3.84. The molecule has 1 fully saturated rings. The zero-order valence-corrected chi connectivity index (χ0v) is 18.2. The summed E-state index contributed by atoms with van der Waals surface area (Å²) < 4.78 is 5.24. The van der Waals surface area contributed by atoms with Crippen molar-refractivity contribution in [2.24, 2.45) is 5.41 Å². The number of nitrogens with zero attached hydrogens (tertiary/aromatic N) is 1. The first-order valence-electron chi connectivity index (χ1n) is 10.4. The molecule has 0 bridgehead atoms. The minimum absolute atomic E-state index is 0.0328. The van der Waals surface area contributed by atoms with Gasteiger partial charge in [-0.25, -0.2) is 4.79 Å². The Hall–Kier alpha value is -3.02. The largest absolute Gasteiger partial charge is 0.497 e. The molecule has 1 atom stereocenters. The van der Waals surface area contributed by atoms with E-state index in [-0.39, 0.29) is 11.9 Å². The molecule has 0 radical (unpaired) electrons. The number of piperidine rings is 1. The van der Waals surface area contributed by atoms with Crippen LogP contribution in [0.5, 0.6) is 5.75 Å². The number of urea groups is 1. The molecule has 160 valence electrons. The molecule has 1 aliphatic heterocycles. The van der Waals surface area contributed by atoms with Crippen LogP contribution in [0.15, 0.2) is 42.5 Å². The highest BCUT2D eigenvalue weighted by Gasteiger charge is 2.39. The van der Waals surface area contributed by atoms with Gasteiger partial charge in [-0.2, -0.15) is 0 Å². The van der Waals surface area contributed by atoms with Gasteiger partial charge >= 0.3 is 6.03 Å². The van der Waals surface area contributed by atoms with E-state index in [2.05, 4.69) is 10.6 Å². The molecule has 1 heterocycles. The van der Waals surface area contributed by atoms with E-state index in [4.69, 9.17) is 4.74 Å². The number of aryl methyl sites for hydroxylation is 2. The van der Waals surface area contributed by atoms with Crippen LogP contribution < -0.4 is 15.4 Å². The van der Waals surface area contributed by atoms with Gasteiger partial charge in [0.2, 0.25) is 5.91 Å². The number of hydrogen-bond acceptors (Lipinski definition) is 3. The number of benzene rings is 2. The first-order valence-corrected chi connectivity index (χ1v) is 10.4. The summed E-state index contributed by atoms with van der Waals surface area (Å²) in [4.78, 5) is 27.6.